The Kier molecular flexibility index (Phi) is 5.11. The monoisotopic (exact) mass is 473 g/mol. The van der Waals surface area contributed by atoms with E-state index in [2.05, 4.69) is 131 Å². The number of benzene rings is 5. The van der Waals surface area contributed by atoms with E-state index in [9.17, 15) is 0 Å². The van der Waals surface area contributed by atoms with Crippen molar-refractivity contribution in [1.82, 2.24) is 9.97 Å². The van der Waals surface area contributed by atoms with Gasteiger partial charge in [-0.15, -0.1) is 0 Å². The quantitative estimate of drug-likeness (QED) is 0.255. The van der Waals surface area contributed by atoms with Crippen molar-refractivity contribution in [2.24, 2.45) is 0 Å². The molecule has 0 aliphatic carbocycles. The highest BCUT2D eigenvalue weighted by Gasteiger charge is 2.15. The number of fused-ring (bicyclic) bond motifs is 3. The molecule has 0 aliphatic heterocycles. The molecule has 0 unspecified atom stereocenters. The van der Waals surface area contributed by atoms with E-state index >= 15 is 0 Å². The molecule has 7 aromatic rings. The summed E-state index contributed by atoms with van der Waals surface area (Å²) in [5, 5.41) is 4.67. The van der Waals surface area contributed by atoms with Gasteiger partial charge in [0.2, 0.25) is 0 Å². The third-order valence-electron chi connectivity index (χ3n) is 6.85. The zero-order chi connectivity index (χ0) is 24.6. The minimum absolute atomic E-state index is 0.883. The van der Waals surface area contributed by atoms with Crippen LogP contribution < -0.4 is 4.90 Å². The van der Waals surface area contributed by atoms with Crippen molar-refractivity contribution in [2.75, 3.05) is 4.90 Å². The van der Waals surface area contributed by atoms with Gasteiger partial charge in [0.1, 0.15) is 5.82 Å². The van der Waals surface area contributed by atoms with Gasteiger partial charge in [-0.3, -0.25) is 9.88 Å². The van der Waals surface area contributed by atoms with Crippen molar-refractivity contribution in [3.63, 3.8) is 0 Å². The second kappa shape index (κ2) is 8.89. The van der Waals surface area contributed by atoms with E-state index in [1.165, 1.54) is 10.8 Å². The fourth-order valence-corrected chi connectivity index (χ4v) is 4.97. The second-order valence-corrected chi connectivity index (χ2v) is 9.19. The number of aromatic nitrogens is 2. The molecule has 2 heterocycles. The third kappa shape index (κ3) is 3.97. The van der Waals surface area contributed by atoms with Gasteiger partial charge in [0, 0.05) is 28.3 Å². The molecule has 0 aliphatic rings. The molecule has 0 amide bonds. The minimum atomic E-state index is 0.883. The van der Waals surface area contributed by atoms with E-state index in [1.807, 2.05) is 18.3 Å². The predicted molar refractivity (Wildman–Crippen MR) is 155 cm³/mol. The maximum Gasteiger partial charge on any atom is 0.138 e. The molecular formula is C34H23N3. The van der Waals surface area contributed by atoms with Crippen LogP contribution in [0.3, 0.4) is 0 Å². The van der Waals surface area contributed by atoms with E-state index in [4.69, 9.17) is 4.98 Å². The minimum Gasteiger partial charge on any atom is -0.295 e. The third-order valence-corrected chi connectivity index (χ3v) is 6.85. The second-order valence-electron chi connectivity index (χ2n) is 9.19. The number of nitrogens with zero attached hydrogens (tertiary/aromatic N) is 3. The average molecular weight is 474 g/mol. The molecular weight excluding hydrogens is 450 g/mol. The Balaban J connectivity index is 1.37. The van der Waals surface area contributed by atoms with Crippen LogP contribution in [0.4, 0.5) is 17.2 Å². The largest absolute Gasteiger partial charge is 0.295 e. The van der Waals surface area contributed by atoms with Crippen LogP contribution in [-0.2, 0) is 0 Å². The van der Waals surface area contributed by atoms with Crippen molar-refractivity contribution < 1.29 is 0 Å². The van der Waals surface area contributed by atoms with Gasteiger partial charge in [0.05, 0.1) is 11.0 Å². The van der Waals surface area contributed by atoms with Gasteiger partial charge >= 0.3 is 0 Å². The van der Waals surface area contributed by atoms with Crippen molar-refractivity contribution in [1.29, 1.82) is 0 Å². The van der Waals surface area contributed by atoms with Gasteiger partial charge in [0.15, 0.2) is 0 Å². The van der Waals surface area contributed by atoms with Gasteiger partial charge in [-0.05, 0) is 82.6 Å². The molecule has 0 saturated heterocycles. The Hall–Kier alpha value is -5.02. The average Bonchev–Trinajstić information content (AvgIpc) is 2.97. The Morgan fingerprint density at radius 3 is 2.08 bits per heavy atom. The Bertz CT molecular complexity index is 1890. The number of anilines is 3. The van der Waals surface area contributed by atoms with Crippen LogP contribution in [0, 0.1) is 0 Å². The van der Waals surface area contributed by atoms with Crippen molar-refractivity contribution in [3.05, 3.63) is 140 Å². The first-order chi connectivity index (χ1) is 18.3. The zero-order valence-corrected chi connectivity index (χ0v) is 20.1. The van der Waals surface area contributed by atoms with Gasteiger partial charge < -0.3 is 0 Å². The van der Waals surface area contributed by atoms with E-state index in [0.29, 0.717) is 0 Å². The topological polar surface area (TPSA) is 29.0 Å². The number of para-hydroxylation sites is 1. The van der Waals surface area contributed by atoms with Crippen molar-refractivity contribution in [2.45, 2.75) is 0 Å². The number of hydrogen-bond acceptors (Lipinski definition) is 3. The lowest BCUT2D eigenvalue weighted by atomic mass is 10.0. The van der Waals surface area contributed by atoms with E-state index in [-0.39, 0.29) is 0 Å². The Labute approximate surface area is 215 Å². The lowest BCUT2D eigenvalue weighted by molar-refractivity contribution is 1.21. The van der Waals surface area contributed by atoms with Crippen LogP contribution in [0.25, 0.3) is 43.7 Å². The summed E-state index contributed by atoms with van der Waals surface area (Å²) in [5.41, 5.74) is 6.41. The van der Waals surface area contributed by atoms with Crippen molar-refractivity contribution >= 4 is 49.8 Å². The molecule has 3 heteroatoms. The molecule has 0 spiro atoms. The molecule has 37 heavy (non-hydrogen) atoms. The maximum atomic E-state index is 5.17. The van der Waals surface area contributed by atoms with Crippen LogP contribution in [0.15, 0.2) is 140 Å². The highest BCUT2D eigenvalue weighted by Crippen LogP contribution is 2.36. The van der Waals surface area contributed by atoms with Gasteiger partial charge in [-0.1, -0.05) is 72.8 Å². The lowest BCUT2D eigenvalue weighted by Gasteiger charge is -2.25. The fourth-order valence-electron chi connectivity index (χ4n) is 4.97. The molecule has 0 radical (unpaired) electrons. The van der Waals surface area contributed by atoms with E-state index in [1.54, 1.807) is 0 Å². The molecule has 0 saturated carbocycles. The van der Waals surface area contributed by atoms with Crippen LogP contribution in [0.2, 0.25) is 0 Å². The summed E-state index contributed by atoms with van der Waals surface area (Å²) in [6, 6.07) is 46.7. The smallest absolute Gasteiger partial charge is 0.138 e. The maximum absolute atomic E-state index is 5.17. The standard InChI is InChI=1S/C34H23N3/c1-2-10-30(11-3-1)37(31-17-14-24-7-4-5-8-26(24)22-31)34-19-16-25-12-13-28(23-33(25)36-34)27-15-18-32-29(21-27)9-6-20-35-32/h1-23H. The zero-order valence-electron chi connectivity index (χ0n) is 20.1. The molecule has 5 aromatic carbocycles. The van der Waals surface area contributed by atoms with Crippen LogP contribution in [-0.4, -0.2) is 9.97 Å². The van der Waals surface area contributed by atoms with Crippen LogP contribution in [0.5, 0.6) is 0 Å². The molecule has 0 atom stereocenters. The molecule has 0 fully saturated rings. The molecule has 174 valence electrons. The van der Waals surface area contributed by atoms with Crippen LogP contribution >= 0.6 is 0 Å². The first kappa shape index (κ1) is 21.3. The van der Waals surface area contributed by atoms with Gasteiger partial charge in [0.25, 0.3) is 0 Å². The number of rotatable bonds is 4. The summed E-state index contributed by atoms with van der Waals surface area (Å²) < 4.78 is 0. The van der Waals surface area contributed by atoms with Crippen molar-refractivity contribution in [3.8, 4) is 11.1 Å². The van der Waals surface area contributed by atoms with Gasteiger partial charge in [-0.25, -0.2) is 4.98 Å². The fraction of sp³-hybridized carbons (Fsp3) is 0. The summed E-state index contributed by atoms with van der Waals surface area (Å²) in [4.78, 5) is 11.8. The molecule has 2 aromatic heterocycles. The van der Waals surface area contributed by atoms with E-state index in [0.717, 1.165) is 50.1 Å². The first-order valence-corrected chi connectivity index (χ1v) is 12.4. The highest BCUT2D eigenvalue weighted by atomic mass is 15.2. The van der Waals surface area contributed by atoms with Crippen LogP contribution in [0.1, 0.15) is 0 Å². The van der Waals surface area contributed by atoms with Gasteiger partial charge in [-0.2, -0.15) is 0 Å². The Morgan fingerprint density at radius 1 is 0.432 bits per heavy atom. The Morgan fingerprint density at radius 2 is 1.16 bits per heavy atom. The molecule has 7 rings (SSSR count). The predicted octanol–water partition coefficient (Wildman–Crippen LogP) is 9.07. The normalized spacial score (nSPS) is 11.2. The number of hydrogen-bond donors (Lipinski definition) is 0. The molecule has 0 bridgehead atoms. The highest BCUT2D eigenvalue weighted by molar-refractivity contribution is 5.92. The summed E-state index contributed by atoms with van der Waals surface area (Å²) in [5.74, 6) is 0.883. The number of pyridine rings is 2. The van der Waals surface area contributed by atoms with E-state index < -0.39 is 0 Å². The first-order valence-electron chi connectivity index (χ1n) is 12.4. The summed E-state index contributed by atoms with van der Waals surface area (Å²) in [7, 11) is 0. The molecule has 3 nitrogen and oxygen atoms in total. The molecule has 0 N–H and O–H groups in total. The lowest BCUT2D eigenvalue weighted by Crippen LogP contribution is -2.11. The summed E-state index contributed by atoms with van der Waals surface area (Å²) >= 11 is 0. The summed E-state index contributed by atoms with van der Waals surface area (Å²) in [6.07, 6.45) is 1.83. The summed E-state index contributed by atoms with van der Waals surface area (Å²) in [6.45, 7) is 0. The SMILES string of the molecule is c1ccc(N(c2ccc3ccccc3c2)c2ccc3ccc(-c4ccc5ncccc5c4)cc3n2)cc1.